The lowest BCUT2D eigenvalue weighted by Crippen LogP contribution is -2.13. The highest BCUT2D eigenvalue weighted by molar-refractivity contribution is 6.07. The smallest absolute Gasteiger partial charge is 0.255 e. The molecular formula is C26H25FN2O. The Hall–Kier alpha value is -3.40. The maximum absolute atomic E-state index is 14.2. The van der Waals surface area contributed by atoms with E-state index in [-0.39, 0.29) is 11.7 Å². The number of hydrogen-bond donors (Lipinski definition) is 1. The number of nitrogens with one attached hydrogen (secondary N) is 1. The average Bonchev–Trinajstić information content (AvgIpc) is 2.97. The van der Waals surface area contributed by atoms with Crippen molar-refractivity contribution in [1.82, 2.24) is 4.57 Å². The van der Waals surface area contributed by atoms with E-state index in [0.717, 1.165) is 39.0 Å². The number of carbonyl (C=O) groups is 1. The molecule has 0 saturated heterocycles. The topological polar surface area (TPSA) is 34.0 Å². The number of nitrogens with zero attached hydrogens (tertiary/aromatic N) is 1. The number of benzene rings is 3. The zero-order valence-electron chi connectivity index (χ0n) is 17.7. The summed E-state index contributed by atoms with van der Waals surface area (Å²) in [4.78, 5) is 12.9. The lowest BCUT2D eigenvalue weighted by molar-refractivity contribution is 0.102. The van der Waals surface area contributed by atoms with Gasteiger partial charge in [0.1, 0.15) is 5.82 Å². The molecule has 0 aliphatic carbocycles. The predicted molar refractivity (Wildman–Crippen MR) is 121 cm³/mol. The number of aryl methyl sites for hydroxylation is 2. The van der Waals surface area contributed by atoms with E-state index in [1.54, 1.807) is 6.07 Å². The van der Waals surface area contributed by atoms with E-state index in [9.17, 15) is 9.18 Å². The number of hydrogen-bond acceptors (Lipinski definition) is 1. The van der Waals surface area contributed by atoms with Crippen molar-refractivity contribution in [1.29, 1.82) is 0 Å². The molecule has 4 rings (SSSR count). The lowest BCUT2D eigenvalue weighted by Gasteiger charge is -2.11. The summed E-state index contributed by atoms with van der Waals surface area (Å²) < 4.78 is 16.3. The van der Waals surface area contributed by atoms with Gasteiger partial charge in [0.05, 0.1) is 6.54 Å². The number of halogens is 1. The number of aromatic nitrogens is 1. The van der Waals surface area contributed by atoms with Gasteiger partial charge in [-0.2, -0.15) is 0 Å². The summed E-state index contributed by atoms with van der Waals surface area (Å²) in [5.74, 6) is -0.342. The van der Waals surface area contributed by atoms with Crippen LogP contribution in [0.2, 0.25) is 0 Å². The third-order valence-corrected chi connectivity index (χ3v) is 6.04. The summed E-state index contributed by atoms with van der Waals surface area (Å²) in [6.07, 6.45) is 0. The Morgan fingerprint density at radius 1 is 0.933 bits per heavy atom. The van der Waals surface area contributed by atoms with Gasteiger partial charge in [-0.05, 0) is 74.7 Å². The summed E-state index contributed by atoms with van der Waals surface area (Å²) in [7, 11) is 0. The van der Waals surface area contributed by atoms with Crippen molar-refractivity contribution < 1.29 is 9.18 Å². The van der Waals surface area contributed by atoms with Crippen LogP contribution >= 0.6 is 0 Å². The molecular weight excluding hydrogens is 375 g/mol. The molecule has 0 spiro atoms. The molecule has 152 valence electrons. The normalized spacial score (nSPS) is 11.1. The highest BCUT2D eigenvalue weighted by atomic mass is 19.1. The molecule has 1 amide bonds. The monoisotopic (exact) mass is 400 g/mol. The van der Waals surface area contributed by atoms with Crippen LogP contribution in [0.4, 0.5) is 10.1 Å². The van der Waals surface area contributed by atoms with E-state index in [4.69, 9.17) is 0 Å². The molecule has 0 aliphatic heterocycles. The summed E-state index contributed by atoms with van der Waals surface area (Å²) in [5, 5.41) is 4.04. The van der Waals surface area contributed by atoms with Crippen molar-refractivity contribution in [2.24, 2.45) is 0 Å². The summed E-state index contributed by atoms with van der Waals surface area (Å²) in [6, 6.07) is 18.4. The van der Waals surface area contributed by atoms with Crippen LogP contribution in [0.25, 0.3) is 10.9 Å². The molecule has 0 atom stereocenters. The Balaban J connectivity index is 1.70. The summed E-state index contributed by atoms with van der Waals surface area (Å²) >= 11 is 0. The van der Waals surface area contributed by atoms with Crippen molar-refractivity contribution in [2.75, 3.05) is 5.32 Å². The van der Waals surface area contributed by atoms with Gasteiger partial charge in [-0.3, -0.25) is 4.79 Å². The van der Waals surface area contributed by atoms with Crippen LogP contribution in [-0.4, -0.2) is 10.5 Å². The lowest BCUT2D eigenvalue weighted by atomic mass is 10.1. The summed E-state index contributed by atoms with van der Waals surface area (Å²) in [5.41, 5.74) is 7.45. The van der Waals surface area contributed by atoms with Gasteiger partial charge in [0.2, 0.25) is 0 Å². The Bertz CT molecular complexity index is 1270. The molecule has 0 bridgehead atoms. The molecule has 30 heavy (non-hydrogen) atoms. The van der Waals surface area contributed by atoms with E-state index in [0.29, 0.717) is 17.7 Å². The first-order chi connectivity index (χ1) is 14.4. The van der Waals surface area contributed by atoms with Gasteiger partial charge in [-0.15, -0.1) is 0 Å². The second kappa shape index (κ2) is 7.79. The highest BCUT2D eigenvalue weighted by Gasteiger charge is 2.16. The first kappa shape index (κ1) is 19.9. The minimum Gasteiger partial charge on any atom is -0.340 e. The third kappa shape index (κ3) is 3.50. The SMILES string of the molecule is Cc1cccc(NC(=O)c2ccc3c(c2)c(C)c(C)n3Cc2ccccc2F)c1C. The number of fused-ring (bicyclic) bond motifs is 1. The van der Waals surface area contributed by atoms with Crippen LogP contribution < -0.4 is 5.32 Å². The molecule has 0 saturated carbocycles. The Morgan fingerprint density at radius 2 is 1.70 bits per heavy atom. The standard InChI is InChI=1S/C26H25FN2O/c1-16-8-7-11-24(17(16)2)28-26(30)20-12-13-25-22(14-20)18(3)19(4)29(25)15-21-9-5-6-10-23(21)27/h5-14H,15H2,1-4H3,(H,28,30). The Morgan fingerprint density at radius 3 is 2.47 bits per heavy atom. The molecule has 4 aromatic rings. The zero-order chi connectivity index (χ0) is 21.4. The molecule has 0 aliphatic rings. The average molecular weight is 400 g/mol. The molecule has 1 N–H and O–H groups in total. The van der Waals surface area contributed by atoms with Crippen LogP contribution in [0.1, 0.15) is 38.3 Å². The molecule has 0 unspecified atom stereocenters. The van der Waals surface area contributed by atoms with Crippen LogP contribution in [-0.2, 0) is 6.54 Å². The second-order valence-electron chi connectivity index (χ2n) is 7.82. The van der Waals surface area contributed by atoms with E-state index in [1.807, 2.05) is 76.2 Å². The predicted octanol–water partition coefficient (Wildman–Crippen LogP) is 6.31. The van der Waals surface area contributed by atoms with Crippen LogP contribution in [0.3, 0.4) is 0 Å². The number of anilines is 1. The number of rotatable bonds is 4. The molecule has 3 aromatic carbocycles. The van der Waals surface area contributed by atoms with Gasteiger partial charge in [0.15, 0.2) is 0 Å². The van der Waals surface area contributed by atoms with Gasteiger partial charge < -0.3 is 9.88 Å². The van der Waals surface area contributed by atoms with E-state index in [1.165, 1.54) is 6.07 Å². The van der Waals surface area contributed by atoms with E-state index >= 15 is 0 Å². The first-order valence-corrected chi connectivity index (χ1v) is 10.1. The van der Waals surface area contributed by atoms with Crippen molar-refractivity contribution in [3.8, 4) is 0 Å². The van der Waals surface area contributed by atoms with E-state index < -0.39 is 0 Å². The van der Waals surface area contributed by atoms with Crippen molar-refractivity contribution in [3.63, 3.8) is 0 Å². The Kier molecular flexibility index (Phi) is 5.17. The molecule has 0 fully saturated rings. The first-order valence-electron chi connectivity index (χ1n) is 10.1. The largest absolute Gasteiger partial charge is 0.340 e. The fourth-order valence-electron chi connectivity index (χ4n) is 3.87. The number of amides is 1. The zero-order valence-corrected chi connectivity index (χ0v) is 17.7. The fourth-order valence-corrected chi connectivity index (χ4v) is 3.87. The maximum Gasteiger partial charge on any atom is 0.255 e. The van der Waals surface area contributed by atoms with Gasteiger partial charge in [0, 0.05) is 33.4 Å². The van der Waals surface area contributed by atoms with Crippen molar-refractivity contribution >= 4 is 22.5 Å². The quantitative estimate of drug-likeness (QED) is 0.428. The molecule has 1 heterocycles. The molecule has 0 radical (unpaired) electrons. The van der Waals surface area contributed by atoms with Crippen LogP contribution in [0.5, 0.6) is 0 Å². The number of carbonyl (C=O) groups excluding carboxylic acids is 1. The van der Waals surface area contributed by atoms with Gasteiger partial charge in [-0.1, -0.05) is 30.3 Å². The van der Waals surface area contributed by atoms with E-state index in [2.05, 4.69) is 9.88 Å². The molecule has 4 heteroatoms. The molecule has 1 aromatic heterocycles. The third-order valence-electron chi connectivity index (χ3n) is 6.04. The highest BCUT2D eigenvalue weighted by Crippen LogP contribution is 2.28. The van der Waals surface area contributed by atoms with Gasteiger partial charge >= 0.3 is 0 Å². The Labute approximate surface area is 176 Å². The fraction of sp³-hybridized carbons (Fsp3) is 0.192. The minimum absolute atomic E-state index is 0.135. The molecule has 3 nitrogen and oxygen atoms in total. The van der Waals surface area contributed by atoms with Crippen LogP contribution in [0, 0.1) is 33.5 Å². The summed E-state index contributed by atoms with van der Waals surface area (Å²) in [6.45, 7) is 8.57. The van der Waals surface area contributed by atoms with Gasteiger partial charge in [0.25, 0.3) is 5.91 Å². The van der Waals surface area contributed by atoms with Gasteiger partial charge in [-0.25, -0.2) is 4.39 Å². The van der Waals surface area contributed by atoms with Crippen molar-refractivity contribution in [3.05, 3.63) is 100.0 Å². The van der Waals surface area contributed by atoms with Crippen molar-refractivity contribution in [2.45, 2.75) is 34.2 Å². The minimum atomic E-state index is -0.207. The maximum atomic E-state index is 14.2. The van der Waals surface area contributed by atoms with Crippen LogP contribution in [0.15, 0.2) is 60.7 Å². The second-order valence-corrected chi connectivity index (χ2v) is 7.82.